The van der Waals surface area contributed by atoms with Crippen LogP contribution in [0.15, 0.2) is 0 Å². The van der Waals surface area contributed by atoms with E-state index in [1.165, 1.54) is 4.90 Å². The van der Waals surface area contributed by atoms with Crippen molar-refractivity contribution in [1.29, 1.82) is 0 Å². The zero-order chi connectivity index (χ0) is 14.2. The van der Waals surface area contributed by atoms with Crippen molar-refractivity contribution in [2.24, 2.45) is 0 Å². The van der Waals surface area contributed by atoms with Gasteiger partial charge in [0.2, 0.25) is 0 Å². The molecule has 18 heavy (non-hydrogen) atoms. The van der Waals surface area contributed by atoms with Gasteiger partial charge >= 0.3 is 12.0 Å². The van der Waals surface area contributed by atoms with Crippen molar-refractivity contribution in [3.8, 4) is 0 Å². The first-order valence-corrected chi connectivity index (χ1v) is 6.14. The fourth-order valence-electron chi connectivity index (χ4n) is 1.42. The van der Waals surface area contributed by atoms with E-state index in [4.69, 9.17) is 9.84 Å². The van der Waals surface area contributed by atoms with Crippen LogP contribution in [0.4, 0.5) is 4.79 Å². The molecule has 106 valence electrons. The Balaban J connectivity index is 4.28. The average molecular weight is 260 g/mol. The maximum absolute atomic E-state index is 11.9. The summed E-state index contributed by atoms with van der Waals surface area (Å²) in [5, 5.41) is 11.4. The van der Waals surface area contributed by atoms with Gasteiger partial charge in [0.25, 0.3) is 0 Å². The summed E-state index contributed by atoms with van der Waals surface area (Å²) < 4.78 is 5.12. The second-order valence-electron chi connectivity index (χ2n) is 4.90. The molecule has 2 amide bonds. The van der Waals surface area contributed by atoms with Crippen LogP contribution < -0.4 is 5.32 Å². The summed E-state index contributed by atoms with van der Waals surface area (Å²) in [4.78, 5) is 24.0. The molecule has 0 rings (SSSR count). The molecule has 0 saturated carbocycles. The van der Waals surface area contributed by atoms with Gasteiger partial charge in [-0.05, 0) is 27.7 Å². The van der Waals surface area contributed by atoms with Crippen LogP contribution in [0.5, 0.6) is 0 Å². The van der Waals surface area contributed by atoms with Crippen LogP contribution in [0.3, 0.4) is 0 Å². The summed E-state index contributed by atoms with van der Waals surface area (Å²) in [6.07, 6.45) is -0.0594. The zero-order valence-corrected chi connectivity index (χ0v) is 11.7. The highest BCUT2D eigenvalue weighted by Gasteiger charge is 2.26. The highest BCUT2D eigenvalue weighted by atomic mass is 16.5. The molecular weight excluding hydrogens is 236 g/mol. The number of carbonyl (C=O) groups excluding carboxylic acids is 1. The molecule has 0 aromatic heterocycles. The predicted molar refractivity (Wildman–Crippen MR) is 68.6 cm³/mol. The van der Waals surface area contributed by atoms with Crippen molar-refractivity contribution in [2.75, 3.05) is 26.3 Å². The van der Waals surface area contributed by atoms with E-state index in [0.717, 1.165) is 0 Å². The number of carboxylic acid groups (broad SMARTS) is 1. The molecule has 6 nitrogen and oxygen atoms in total. The Kier molecular flexibility index (Phi) is 7.35. The molecule has 0 unspecified atom stereocenters. The number of hydrogen-bond donors (Lipinski definition) is 2. The second kappa shape index (κ2) is 7.92. The number of hydrogen-bond acceptors (Lipinski definition) is 3. The number of urea groups is 1. The van der Waals surface area contributed by atoms with Crippen LogP contribution in [0, 0.1) is 0 Å². The molecule has 0 aromatic carbocycles. The molecule has 0 aromatic rings. The lowest BCUT2D eigenvalue weighted by molar-refractivity contribution is -0.137. The molecule has 0 aliphatic rings. The monoisotopic (exact) mass is 260 g/mol. The van der Waals surface area contributed by atoms with Gasteiger partial charge in [0, 0.05) is 25.2 Å². The van der Waals surface area contributed by atoms with Crippen molar-refractivity contribution >= 4 is 12.0 Å². The minimum Gasteiger partial charge on any atom is -0.481 e. The van der Waals surface area contributed by atoms with Gasteiger partial charge in [0.05, 0.1) is 13.0 Å². The van der Waals surface area contributed by atoms with Crippen molar-refractivity contribution in [3.63, 3.8) is 0 Å². The highest BCUT2D eigenvalue weighted by Crippen LogP contribution is 2.13. The van der Waals surface area contributed by atoms with Gasteiger partial charge in [0.1, 0.15) is 0 Å². The molecule has 0 bridgehead atoms. The normalized spacial score (nSPS) is 11.1. The van der Waals surface area contributed by atoms with Gasteiger partial charge < -0.3 is 20.1 Å². The summed E-state index contributed by atoms with van der Waals surface area (Å²) in [5.74, 6) is -0.911. The topological polar surface area (TPSA) is 78.9 Å². The lowest BCUT2D eigenvalue weighted by Gasteiger charge is -2.35. The standard InChI is InChI=1S/C12H24N2O4/c1-5-18-9-7-13-11(17)14(12(2,3)4)8-6-10(15)16/h5-9H2,1-4H3,(H,13,17)(H,15,16). The SMILES string of the molecule is CCOCCNC(=O)N(CCC(=O)O)C(C)(C)C. The number of carboxylic acids is 1. The van der Waals surface area contributed by atoms with Gasteiger partial charge in [-0.2, -0.15) is 0 Å². The third-order valence-electron chi connectivity index (χ3n) is 2.33. The van der Waals surface area contributed by atoms with Crippen molar-refractivity contribution in [2.45, 2.75) is 39.7 Å². The van der Waals surface area contributed by atoms with E-state index in [-0.39, 0.29) is 19.0 Å². The molecule has 0 fully saturated rings. The average Bonchev–Trinajstić information content (AvgIpc) is 2.22. The van der Waals surface area contributed by atoms with Gasteiger partial charge in [-0.15, -0.1) is 0 Å². The first-order valence-electron chi connectivity index (χ1n) is 6.14. The minimum absolute atomic E-state index is 0.0594. The minimum atomic E-state index is -0.911. The van der Waals surface area contributed by atoms with Crippen LogP contribution in [0.2, 0.25) is 0 Å². The predicted octanol–water partition coefficient (Wildman–Crippen LogP) is 1.31. The van der Waals surface area contributed by atoms with E-state index in [1.807, 2.05) is 27.7 Å². The third-order valence-corrected chi connectivity index (χ3v) is 2.33. The van der Waals surface area contributed by atoms with E-state index in [2.05, 4.69) is 5.32 Å². The van der Waals surface area contributed by atoms with Crippen molar-refractivity contribution in [3.05, 3.63) is 0 Å². The molecule has 0 aliphatic heterocycles. The fraction of sp³-hybridized carbons (Fsp3) is 0.833. The van der Waals surface area contributed by atoms with Crippen LogP contribution in [0.1, 0.15) is 34.1 Å². The first-order chi connectivity index (χ1) is 8.29. The number of ether oxygens (including phenoxy) is 1. The Labute approximate surface area is 108 Å². The maximum Gasteiger partial charge on any atom is 0.317 e. The molecule has 0 heterocycles. The molecule has 0 aliphatic carbocycles. The van der Waals surface area contributed by atoms with E-state index >= 15 is 0 Å². The lowest BCUT2D eigenvalue weighted by atomic mass is 10.1. The maximum atomic E-state index is 11.9. The molecule has 0 atom stereocenters. The van der Waals surface area contributed by atoms with Gasteiger partial charge in [-0.3, -0.25) is 4.79 Å². The summed E-state index contributed by atoms with van der Waals surface area (Å²) in [5.41, 5.74) is -0.412. The van der Waals surface area contributed by atoms with E-state index in [9.17, 15) is 9.59 Å². The number of amides is 2. The third kappa shape index (κ3) is 7.11. The van der Waals surface area contributed by atoms with Crippen LogP contribution in [-0.4, -0.2) is 53.8 Å². The summed E-state index contributed by atoms with van der Waals surface area (Å²) in [6.45, 7) is 9.18. The largest absolute Gasteiger partial charge is 0.481 e. The quantitative estimate of drug-likeness (QED) is 0.676. The number of nitrogens with zero attached hydrogens (tertiary/aromatic N) is 1. The van der Waals surface area contributed by atoms with Gasteiger partial charge in [-0.1, -0.05) is 0 Å². The Morgan fingerprint density at radius 3 is 2.39 bits per heavy atom. The Hall–Kier alpha value is -1.30. The molecule has 0 spiro atoms. The summed E-state index contributed by atoms with van der Waals surface area (Å²) >= 11 is 0. The lowest BCUT2D eigenvalue weighted by Crippen LogP contribution is -2.51. The van der Waals surface area contributed by atoms with Gasteiger partial charge in [0.15, 0.2) is 0 Å². The van der Waals surface area contributed by atoms with Crippen LogP contribution >= 0.6 is 0 Å². The Morgan fingerprint density at radius 1 is 1.33 bits per heavy atom. The highest BCUT2D eigenvalue weighted by molar-refractivity contribution is 5.76. The van der Waals surface area contributed by atoms with Crippen molar-refractivity contribution < 1.29 is 19.4 Å². The molecular formula is C12H24N2O4. The fourth-order valence-corrected chi connectivity index (χ4v) is 1.42. The number of nitrogens with one attached hydrogen (secondary N) is 1. The summed E-state index contributed by atoms with van der Waals surface area (Å²) in [6, 6.07) is -0.261. The van der Waals surface area contributed by atoms with Crippen molar-refractivity contribution in [1.82, 2.24) is 10.2 Å². The van der Waals surface area contributed by atoms with E-state index in [0.29, 0.717) is 19.8 Å². The number of carbonyl (C=O) groups is 2. The molecule has 2 N–H and O–H groups in total. The molecule has 0 saturated heterocycles. The van der Waals surface area contributed by atoms with Gasteiger partial charge in [-0.25, -0.2) is 4.79 Å². The zero-order valence-electron chi connectivity index (χ0n) is 11.7. The molecule has 6 heteroatoms. The summed E-state index contributed by atoms with van der Waals surface area (Å²) in [7, 11) is 0. The smallest absolute Gasteiger partial charge is 0.317 e. The second-order valence-corrected chi connectivity index (χ2v) is 4.90. The van der Waals surface area contributed by atoms with E-state index in [1.54, 1.807) is 0 Å². The molecule has 0 radical (unpaired) electrons. The van der Waals surface area contributed by atoms with Crippen LogP contribution in [-0.2, 0) is 9.53 Å². The van der Waals surface area contributed by atoms with E-state index < -0.39 is 11.5 Å². The Bertz CT molecular complexity index is 274. The van der Waals surface area contributed by atoms with Crippen LogP contribution in [0.25, 0.3) is 0 Å². The Morgan fingerprint density at radius 2 is 1.94 bits per heavy atom. The number of rotatable bonds is 7. The number of aliphatic carboxylic acids is 1. The first kappa shape index (κ1) is 16.7.